The van der Waals surface area contributed by atoms with Gasteiger partial charge in [-0.1, -0.05) is 23.7 Å². The number of thiophene rings is 1. The normalized spacial score (nSPS) is 12.6. The molecule has 1 heterocycles. The van der Waals surface area contributed by atoms with E-state index in [2.05, 4.69) is 5.43 Å². The standard InChI is InChI=1S/C13H14ClFN2S/c14-12-4-1-5-13(15)11(12)8-9(17-16)7-10-3-2-6-18-10/h1-6,9,17H,7-8,16H2. The molecular weight excluding hydrogens is 271 g/mol. The molecular formula is C13H14ClFN2S. The number of hydrogen-bond acceptors (Lipinski definition) is 3. The van der Waals surface area contributed by atoms with Crippen molar-refractivity contribution < 1.29 is 4.39 Å². The van der Waals surface area contributed by atoms with Crippen molar-refractivity contribution in [2.24, 2.45) is 5.84 Å². The Morgan fingerprint density at radius 1 is 1.28 bits per heavy atom. The molecule has 18 heavy (non-hydrogen) atoms. The van der Waals surface area contributed by atoms with Crippen LogP contribution in [0, 0.1) is 5.82 Å². The van der Waals surface area contributed by atoms with Crippen molar-refractivity contribution in [2.75, 3.05) is 0 Å². The number of nitrogens with two attached hydrogens (primary N) is 1. The molecule has 0 saturated carbocycles. The van der Waals surface area contributed by atoms with Crippen LogP contribution in [0.15, 0.2) is 35.7 Å². The van der Waals surface area contributed by atoms with Crippen LogP contribution in [0.25, 0.3) is 0 Å². The quantitative estimate of drug-likeness (QED) is 0.654. The van der Waals surface area contributed by atoms with Gasteiger partial charge in [-0.25, -0.2) is 4.39 Å². The van der Waals surface area contributed by atoms with E-state index in [9.17, 15) is 4.39 Å². The van der Waals surface area contributed by atoms with Gasteiger partial charge in [0, 0.05) is 21.5 Å². The largest absolute Gasteiger partial charge is 0.271 e. The van der Waals surface area contributed by atoms with Crippen LogP contribution in [0.4, 0.5) is 4.39 Å². The second-order valence-corrected chi connectivity index (χ2v) is 5.49. The van der Waals surface area contributed by atoms with E-state index in [1.807, 2.05) is 17.5 Å². The van der Waals surface area contributed by atoms with Gasteiger partial charge < -0.3 is 0 Å². The number of hydrogen-bond donors (Lipinski definition) is 2. The van der Waals surface area contributed by atoms with Crippen molar-refractivity contribution in [3.63, 3.8) is 0 Å². The van der Waals surface area contributed by atoms with Crippen molar-refractivity contribution in [2.45, 2.75) is 18.9 Å². The Morgan fingerprint density at radius 2 is 2.11 bits per heavy atom. The molecule has 1 atom stereocenters. The Morgan fingerprint density at radius 3 is 2.72 bits per heavy atom. The fourth-order valence-electron chi connectivity index (χ4n) is 1.84. The molecule has 0 saturated heterocycles. The fourth-order valence-corrected chi connectivity index (χ4v) is 2.86. The summed E-state index contributed by atoms with van der Waals surface area (Å²) in [6, 6.07) is 8.71. The first kappa shape index (κ1) is 13.5. The second kappa shape index (κ2) is 6.29. The molecule has 96 valence electrons. The zero-order valence-electron chi connectivity index (χ0n) is 9.70. The highest BCUT2D eigenvalue weighted by Crippen LogP contribution is 2.22. The molecule has 0 fully saturated rings. The monoisotopic (exact) mass is 284 g/mol. The average Bonchev–Trinajstić information content (AvgIpc) is 2.85. The Bertz CT molecular complexity index is 481. The molecule has 2 aromatic rings. The van der Waals surface area contributed by atoms with Crippen LogP contribution in [0.1, 0.15) is 10.4 Å². The Balaban J connectivity index is 2.10. The summed E-state index contributed by atoms with van der Waals surface area (Å²) in [6.45, 7) is 0. The molecule has 0 bridgehead atoms. The zero-order chi connectivity index (χ0) is 13.0. The van der Waals surface area contributed by atoms with Crippen molar-refractivity contribution in [1.29, 1.82) is 0 Å². The third-order valence-electron chi connectivity index (χ3n) is 2.78. The van der Waals surface area contributed by atoms with Gasteiger partial charge in [0.15, 0.2) is 0 Å². The number of rotatable bonds is 5. The first-order chi connectivity index (χ1) is 8.70. The molecule has 2 rings (SSSR count). The minimum Gasteiger partial charge on any atom is -0.271 e. The maximum absolute atomic E-state index is 13.7. The summed E-state index contributed by atoms with van der Waals surface area (Å²) < 4.78 is 13.7. The molecule has 5 heteroatoms. The van der Waals surface area contributed by atoms with Gasteiger partial charge in [-0.3, -0.25) is 11.3 Å². The van der Waals surface area contributed by atoms with Crippen molar-refractivity contribution in [1.82, 2.24) is 5.43 Å². The lowest BCUT2D eigenvalue weighted by Gasteiger charge is -2.16. The minimum atomic E-state index is -0.283. The van der Waals surface area contributed by atoms with Gasteiger partial charge in [0.1, 0.15) is 5.82 Å². The van der Waals surface area contributed by atoms with Crippen LogP contribution in [0.5, 0.6) is 0 Å². The van der Waals surface area contributed by atoms with E-state index < -0.39 is 0 Å². The molecule has 0 spiro atoms. The fraction of sp³-hybridized carbons (Fsp3) is 0.231. The molecule has 1 aromatic carbocycles. The molecule has 3 N–H and O–H groups in total. The highest BCUT2D eigenvalue weighted by atomic mass is 35.5. The van der Waals surface area contributed by atoms with Crippen LogP contribution < -0.4 is 11.3 Å². The molecule has 0 amide bonds. The van der Waals surface area contributed by atoms with Gasteiger partial charge in [-0.2, -0.15) is 0 Å². The summed E-state index contributed by atoms with van der Waals surface area (Å²) in [5.41, 5.74) is 3.24. The summed E-state index contributed by atoms with van der Waals surface area (Å²) in [5.74, 6) is 5.24. The SMILES string of the molecule is NNC(Cc1cccs1)Cc1c(F)cccc1Cl. The van der Waals surface area contributed by atoms with Crippen molar-refractivity contribution >= 4 is 22.9 Å². The second-order valence-electron chi connectivity index (χ2n) is 4.05. The van der Waals surface area contributed by atoms with E-state index in [1.54, 1.807) is 23.5 Å². The molecule has 1 unspecified atom stereocenters. The molecule has 0 radical (unpaired) electrons. The summed E-state index contributed by atoms with van der Waals surface area (Å²) in [4.78, 5) is 1.21. The Labute approximate surface area is 115 Å². The third kappa shape index (κ3) is 3.29. The smallest absolute Gasteiger partial charge is 0.127 e. The van der Waals surface area contributed by atoms with Gasteiger partial charge in [-0.15, -0.1) is 11.3 Å². The zero-order valence-corrected chi connectivity index (χ0v) is 11.3. The average molecular weight is 285 g/mol. The molecule has 2 nitrogen and oxygen atoms in total. The van der Waals surface area contributed by atoms with Gasteiger partial charge in [0.05, 0.1) is 0 Å². The van der Waals surface area contributed by atoms with E-state index in [0.717, 1.165) is 6.42 Å². The van der Waals surface area contributed by atoms with Crippen LogP contribution in [-0.4, -0.2) is 6.04 Å². The topological polar surface area (TPSA) is 38.0 Å². The first-order valence-corrected chi connectivity index (χ1v) is 6.88. The van der Waals surface area contributed by atoms with Crippen molar-refractivity contribution in [3.05, 3.63) is 57.0 Å². The lowest BCUT2D eigenvalue weighted by molar-refractivity contribution is 0.509. The summed E-state index contributed by atoms with van der Waals surface area (Å²) >= 11 is 7.67. The first-order valence-electron chi connectivity index (χ1n) is 5.62. The summed E-state index contributed by atoms with van der Waals surface area (Å²) in [6.07, 6.45) is 1.23. The van der Waals surface area contributed by atoms with Crippen molar-refractivity contribution in [3.8, 4) is 0 Å². The minimum absolute atomic E-state index is 0.0296. The molecule has 0 aliphatic carbocycles. The van der Waals surface area contributed by atoms with Gasteiger partial charge in [0.25, 0.3) is 0 Å². The Kier molecular flexibility index (Phi) is 4.72. The predicted molar refractivity (Wildman–Crippen MR) is 74.2 cm³/mol. The van der Waals surface area contributed by atoms with E-state index in [1.165, 1.54) is 10.9 Å². The lowest BCUT2D eigenvalue weighted by atomic mass is 10.0. The number of hydrazine groups is 1. The van der Waals surface area contributed by atoms with Crippen LogP contribution >= 0.6 is 22.9 Å². The summed E-state index contributed by atoms with van der Waals surface area (Å²) in [5, 5.41) is 2.46. The van der Waals surface area contributed by atoms with E-state index in [-0.39, 0.29) is 11.9 Å². The van der Waals surface area contributed by atoms with E-state index in [4.69, 9.17) is 17.4 Å². The Hall–Kier alpha value is -0.940. The predicted octanol–water partition coefficient (Wildman–Crippen LogP) is 3.16. The van der Waals surface area contributed by atoms with Gasteiger partial charge >= 0.3 is 0 Å². The van der Waals surface area contributed by atoms with Gasteiger partial charge in [-0.05, 0) is 36.4 Å². The third-order valence-corrected chi connectivity index (χ3v) is 4.03. The highest BCUT2D eigenvalue weighted by Gasteiger charge is 2.14. The number of nitrogens with one attached hydrogen (secondary N) is 1. The molecule has 1 aromatic heterocycles. The number of benzene rings is 1. The maximum atomic E-state index is 13.7. The molecule has 0 aliphatic rings. The van der Waals surface area contributed by atoms with Gasteiger partial charge in [0.2, 0.25) is 0 Å². The van der Waals surface area contributed by atoms with Crippen LogP contribution in [-0.2, 0) is 12.8 Å². The number of halogens is 2. The van der Waals surface area contributed by atoms with E-state index in [0.29, 0.717) is 17.0 Å². The molecule has 0 aliphatic heterocycles. The highest BCUT2D eigenvalue weighted by molar-refractivity contribution is 7.09. The lowest BCUT2D eigenvalue weighted by Crippen LogP contribution is -2.38. The van der Waals surface area contributed by atoms with E-state index >= 15 is 0 Å². The summed E-state index contributed by atoms with van der Waals surface area (Å²) in [7, 11) is 0. The maximum Gasteiger partial charge on any atom is 0.127 e. The van der Waals surface area contributed by atoms with Crippen LogP contribution in [0.2, 0.25) is 5.02 Å². The van der Waals surface area contributed by atoms with Crippen LogP contribution in [0.3, 0.4) is 0 Å².